The van der Waals surface area contributed by atoms with Crippen molar-refractivity contribution in [3.63, 3.8) is 0 Å². The van der Waals surface area contributed by atoms with E-state index in [4.69, 9.17) is 21.1 Å². The number of hydrogen-bond donors (Lipinski definition) is 1. The predicted octanol–water partition coefficient (Wildman–Crippen LogP) is 2.40. The molecule has 0 amide bonds. The second kappa shape index (κ2) is 8.20. The van der Waals surface area contributed by atoms with E-state index in [-0.39, 0.29) is 6.10 Å². The van der Waals surface area contributed by atoms with E-state index in [1.165, 1.54) is 0 Å². The van der Waals surface area contributed by atoms with Gasteiger partial charge in [-0.2, -0.15) is 0 Å². The van der Waals surface area contributed by atoms with Crippen LogP contribution in [-0.2, 0) is 4.74 Å². The van der Waals surface area contributed by atoms with Gasteiger partial charge < -0.3 is 19.7 Å². The summed E-state index contributed by atoms with van der Waals surface area (Å²) < 4.78 is 12.3. The lowest BCUT2D eigenvalue weighted by Gasteiger charge is -2.27. The summed E-state index contributed by atoms with van der Waals surface area (Å²) in [7, 11) is 2.08. The van der Waals surface area contributed by atoms with E-state index >= 15 is 0 Å². The minimum Gasteiger partial charge on any atom is -0.491 e. The lowest BCUT2D eigenvalue weighted by Crippen LogP contribution is -2.45. The molecule has 1 aliphatic heterocycles. The fourth-order valence-corrected chi connectivity index (χ4v) is 2.88. The van der Waals surface area contributed by atoms with E-state index < -0.39 is 0 Å². The third-order valence-corrected chi connectivity index (χ3v) is 4.00. The van der Waals surface area contributed by atoms with Crippen LogP contribution in [0, 0.1) is 0 Å². The van der Waals surface area contributed by atoms with Gasteiger partial charge in [0.15, 0.2) is 0 Å². The van der Waals surface area contributed by atoms with Gasteiger partial charge in [0.2, 0.25) is 0 Å². The summed E-state index contributed by atoms with van der Waals surface area (Å²) in [6.45, 7) is 5.08. The van der Waals surface area contributed by atoms with Crippen molar-refractivity contribution in [2.45, 2.75) is 6.10 Å². The SMILES string of the molecule is CN(CCOc1ccc(Cl)cc1Br)CC1CNCCO1. The lowest BCUT2D eigenvalue weighted by atomic mass is 10.3. The molecule has 1 heterocycles. The Balaban J connectivity index is 1.69. The standard InChI is InChI=1S/C14H20BrClN2O2/c1-18(10-12-9-17-4-6-19-12)5-7-20-14-3-2-11(16)8-13(14)15/h2-3,8,12,17H,4-7,9-10H2,1H3. The van der Waals surface area contributed by atoms with Crippen molar-refractivity contribution in [1.29, 1.82) is 0 Å². The largest absolute Gasteiger partial charge is 0.491 e. The van der Waals surface area contributed by atoms with Gasteiger partial charge in [-0.3, -0.25) is 0 Å². The molecule has 1 unspecified atom stereocenters. The molecule has 1 saturated heterocycles. The van der Waals surface area contributed by atoms with Crippen LogP contribution in [0.3, 0.4) is 0 Å². The van der Waals surface area contributed by atoms with Crippen LogP contribution in [0.1, 0.15) is 0 Å². The Kier molecular flexibility index (Phi) is 6.58. The molecule has 0 aromatic heterocycles. The maximum Gasteiger partial charge on any atom is 0.133 e. The normalized spacial score (nSPS) is 19.3. The van der Waals surface area contributed by atoms with Crippen LogP contribution < -0.4 is 10.1 Å². The first-order chi connectivity index (χ1) is 9.65. The number of nitrogens with one attached hydrogen (secondary N) is 1. The third-order valence-electron chi connectivity index (χ3n) is 3.14. The highest BCUT2D eigenvalue weighted by Crippen LogP contribution is 2.27. The summed E-state index contributed by atoms with van der Waals surface area (Å²) in [6.07, 6.45) is 0.274. The highest BCUT2D eigenvalue weighted by molar-refractivity contribution is 9.10. The molecule has 1 N–H and O–H groups in total. The fourth-order valence-electron chi connectivity index (χ4n) is 2.08. The molecule has 2 rings (SSSR count). The van der Waals surface area contributed by atoms with E-state index in [2.05, 4.69) is 33.2 Å². The van der Waals surface area contributed by atoms with E-state index in [9.17, 15) is 0 Å². The molecule has 0 saturated carbocycles. The molecule has 0 radical (unpaired) electrons. The van der Waals surface area contributed by atoms with Crippen molar-refractivity contribution >= 4 is 27.5 Å². The summed E-state index contributed by atoms with van der Waals surface area (Å²) in [5, 5.41) is 4.03. The summed E-state index contributed by atoms with van der Waals surface area (Å²) in [4.78, 5) is 2.22. The molecular formula is C14H20BrClN2O2. The van der Waals surface area contributed by atoms with Crippen LogP contribution in [0.5, 0.6) is 5.75 Å². The molecule has 0 aliphatic carbocycles. The zero-order valence-electron chi connectivity index (χ0n) is 11.6. The number of ether oxygens (including phenoxy) is 2. The van der Waals surface area contributed by atoms with Crippen LogP contribution in [0.15, 0.2) is 22.7 Å². The van der Waals surface area contributed by atoms with Crippen molar-refractivity contribution in [2.75, 3.05) is 46.4 Å². The zero-order valence-corrected chi connectivity index (χ0v) is 13.9. The maximum atomic E-state index is 5.90. The highest BCUT2D eigenvalue weighted by atomic mass is 79.9. The van der Waals surface area contributed by atoms with E-state index in [1.54, 1.807) is 0 Å². The molecule has 20 heavy (non-hydrogen) atoms. The van der Waals surface area contributed by atoms with Gasteiger partial charge in [0.05, 0.1) is 17.2 Å². The molecule has 1 aromatic rings. The van der Waals surface area contributed by atoms with Gasteiger partial charge in [-0.1, -0.05) is 11.6 Å². The van der Waals surface area contributed by atoms with E-state index in [0.717, 1.165) is 43.0 Å². The van der Waals surface area contributed by atoms with Gasteiger partial charge in [0.25, 0.3) is 0 Å². The second-order valence-electron chi connectivity index (χ2n) is 4.88. The lowest BCUT2D eigenvalue weighted by molar-refractivity contribution is 0.00847. The number of morpholine rings is 1. The van der Waals surface area contributed by atoms with E-state index in [1.807, 2.05) is 18.2 Å². The Morgan fingerprint density at radius 2 is 2.40 bits per heavy atom. The average molecular weight is 364 g/mol. The molecular weight excluding hydrogens is 344 g/mol. The second-order valence-corrected chi connectivity index (χ2v) is 6.17. The number of hydrogen-bond acceptors (Lipinski definition) is 4. The number of likely N-dealkylation sites (N-methyl/N-ethyl adjacent to an activating group) is 1. The number of rotatable bonds is 6. The molecule has 1 atom stereocenters. The number of nitrogens with zero attached hydrogens (tertiary/aromatic N) is 1. The summed E-state index contributed by atoms with van der Waals surface area (Å²) in [5.41, 5.74) is 0. The van der Waals surface area contributed by atoms with Crippen LogP contribution in [0.4, 0.5) is 0 Å². The Bertz CT molecular complexity index is 428. The zero-order chi connectivity index (χ0) is 14.4. The molecule has 1 fully saturated rings. The van der Waals surface area contributed by atoms with Crippen LogP contribution in [0.25, 0.3) is 0 Å². The monoisotopic (exact) mass is 362 g/mol. The molecule has 4 nitrogen and oxygen atoms in total. The van der Waals surface area contributed by atoms with Crippen molar-refractivity contribution in [1.82, 2.24) is 10.2 Å². The first-order valence-electron chi connectivity index (χ1n) is 6.74. The van der Waals surface area contributed by atoms with Gasteiger partial charge >= 0.3 is 0 Å². The number of halogens is 2. The average Bonchev–Trinajstić information content (AvgIpc) is 2.42. The maximum absolute atomic E-state index is 5.90. The molecule has 112 valence electrons. The van der Waals surface area contributed by atoms with Crippen molar-refractivity contribution < 1.29 is 9.47 Å². The fraction of sp³-hybridized carbons (Fsp3) is 0.571. The third kappa shape index (κ3) is 5.22. The molecule has 1 aliphatic rings. The van der Waals surface area contributed by atoms with Crippen molar-refractivity contribution in [3.05, 3.63) is 27.7 Å². The Labute approximate surface area is 133 Å². The molecule has 0 spiro atoms. The first kappa shape index (κ1) is 16.0. The molecule has 0 bridgehead atoms. The van der Waals surface area contributed by atoms with Gasteiger partial charge in [-0.05, 0) is 41.2 Å². The van der Waals surface area contributed by atoms with E-state index in [0.29, 0.717) is 11.6 Å². The minimum atomic E-state index is 0.274. The Morgan fingerprint density at radius 3 is 3.10 bits per heavy atom. The van der Waals surface area contributed by atoms with Crippen LogP contribution in [0.2, 0.25) is 5.02 Å². The Morgan fingerprint density at radius 1 is 1.55 bits per heavy atom. The van der Waals surface area contributed by atoms with Crippen molar-refractivity contribution in [2.24, 2.45) is 0 Å². The summed E-state index contributed by atoms with van der Waals surface area (Å²) >= 11 is 9.34. The van der Waals surface area contributed by atoms with Crippen LogP contribution in [-0.4, -0.2) is 57.4 Å². The Hall–Kier alpha value is -0.330. The van der Waals surface area contributed by atoms with Crippen molar-refractivity contribution in [3.8, 4) is 5.75 Å². The predicted molar refractivity (Wildman–Crippen MR) is 84.8 cm³/mol. The quantitative estimate of drug-likeness (QED) is 0.841. The molecule has 6 heteroatoms. The smallest absolute Gasteiger partial charge is 0.133 e. The van der Waals surface area contributed by atoms with Gasteiger partial charge in [-0.15, -0.1) is 0 Å². The minimum absolute atomic E-state index is 0.274. The summed E-state index contributed by atoms with van der Waals surface area (Å²) in [5.74, 6) is 0.818. The summed E-state index contributed by atoms with van der Waals surface area (Å²) in [6, 6.07) is 5.54. The molecule has 1 aromatic carbocycles. The number of benzene rings is 1. The topological polar surface area (TPSA) is 33.7 Å². The van der Waals surface area contributed by atoms with Gasteiger partial charge in [0.1, 0.15) is 12.4 Å². The van der Waals surface area contributed by atoms with Gasteiger partial charge in [0, 0.05) is 31.2 Å². The first-order valence-corrected chi connectivity index (χ1v) is 7.91. The van der Waals surface area contributed by atoms with Crippen LogP contribution >= 0.6 is 27.5 Å². The van der Waals surface area contributed by atoms with Gasteiger partial charge in [-0.25, -0.2) is 0 Å². The highest BCUT2D eigenvalue weighted by Gasteiger charge is 2.15.